The summed E-state index contributed by atoms with van der Waals surface area (Å²) in [5, 5.41) is 3.75. The highest BCUT2D eigenvalue weighted by Crippen LogP contribution is 2.25. The highest BCUT2D eigenvalue weighted by molar-refractivity contribution is 7.15. The first-order chi connectivity index (χ1) is 10.1. The van der Waals surface area contributed by atoms with E-state index in [9.17, 15) is 4.79 Å². The normalized spacial score (nSPS) is 11.2. The van der Waals surface area contributed by atoms with Gasteiger partial charge in [-0.2, -0.15) is 0 Å². The maximum atomic E-state index is 11.6. The lowest BCUT2D eigenvalue weighted by atomic mass is 10.2. The average Bonchev–Trinajstić information content (AvgIpc) is 2.94. The SMILES string of the molecule is CN(C)C/C=C/C(=O)NCc1ncc(-c2ccccc2)s1. The van der Waals surface area contributed by atoms with Crippen LogP contribution in [0.25, 0.3) is 10.4 Å². The number of carbonyl (C=O) groups is 1. The number of benzene rings is 1. The second-order valence-electron chi connectivity index (χ2n) is 4.87. The van der Waals surface area contributed by atoms with E-state index in [0.717, 1.165) is 22.0 Å². The maximum absolute atomic E-state index is 11.6. The van der Waals surface area contributed by atoms with Crippen LogP contribution in [0.2, 0.25) is 0 Å². The number of aromatic nitrogens is 1. The third-order valence-corrected chi connectivity index (χ3v) is 3.81. The number of nitrogens with one attached hydrogen (secondary N) is 1. The van der Waals surface area contributed by atoms with Gasteiger partial charge in [0, 0.05) is 18.8 Å². The van der Waals surface area contributed by atoms with Gasteiger partial charge in [0.25, 0.3) is 0 Å². The first-order valence-electron chi connectivity index (χ1n) is 6.74. The van der Waals surface area contributed by atoms with E-state index in [1.54, 1.807) is 17.4 Å². The largest absolute Gasteiger partial charge is 0.346 e. The molecule has 0 aliphatic rings. The van der Waals surface area contributed by atoms with Gasteiger partial charge in [-0.25, -0.2) is 4.98 Å². The molecule has 0 atom stereocenters. The van der Waals surface area contributed by atoms with Gasteiger partial charge in [0.15, 0.2) is 0 Å². The van der Waals surface area contributed by atoms with E-state index in [4.69, 9.17) is 0 Å². The molecular weight excluding hydrogens is 282 g/mol. The van der Waals surface area contributed by atoms with Crippen molar-refractivity contribution < 1.29 is 4.79 Å². The van der Waals surface area contributed by atoms with Crippen LogP contribution in [0.5, 0.6) is 0 Å². The summed E-state index contributed by atoms with van der Waals surface area (Å²) in [6, 6.07) is 10.1. The van der Waals surface area contributed by atoms with Crippen molar-refractivity contribution in [3.05, 3.63) is 53.7 Å². The van der Waals surface area contributed by atoms with Crippen molar-refractivity contribution in [1.82, 2.24) is 15.2 Å². The molecule has 0 aliphatic heterocycles. The van der Waals surface area contributed by atoms with Gasteiger partial charge >= 0.3 is 0 Å². The number of likely N-dealkylation sites (N-methyl/N-ethyl adjacent to an activating group) is 1. The van der Waals surface area contributed by atoms with E-state index in [0.29, 0.717) is 6.54 Å². The molecule has 2 rings (SSSR count). The Morgan fingerprint density at radius 3 is 2.81 bits per heavy atom. The van der Waals surface area contributed by atoms with Gasteiger partial charge < -0.3 is 10.2 Å². The molecule has 0 aliphatic carbocycles. The Morgan fingerprint density at radius 1 is 1.33 bits per heavy atom. The Morgan fingerprint density at radius 2 is 2.10 bits per heavy atom. The molecule has 1 aromatic heterocycles. The minimum Gasteiger partial charge on any atom is -0.346 e. The fourth-order valence-electron chi connectivity index (χ4n) is 1.72. The summed E-state index contributed by atoms with van der Waals surface area (Å²) in [4.78, 5) is 19.1. The van der Waals surface area contributed by atoms with E-state index in [2.05, 4.69) is 22.4 Å². The Kier molecular flexibility index (Phi) is 5.66. The van der Waals surface area contributed by atoms with Gasteiger partial charge in [0.2, 0.25) is 5.91 Å². The van der Waals surface area contributed by atoms with Gasteiger partial charge in [0.1, 0.15) is 5.01 Å². The Bertz CT molecular complexity index is 605. The van der Waals surface area contributed by atoms with Gasteiger partial charge in [-0.3, -0.25) is 4.79 Å². The number of thiazole rings is 1. The predicted octanol–water partition coefficient (Wildman–Crippen LogP) is 2.54. The van der Waals surface area contributed by atoms with E-state index < -0.39 is 0 Å². The van der Waals surface area contributed by atoms with Crippen LogP contribution in [0, 0.1) is 0 Å². The topological polar surface area (TPSA) is 45.2 Å². The Labute approximate surface area is 129 Å². The van der Waals surface area contributed by atoms with E-state index >= 15 is 0 Å². The monoisotopic (exact) mass is 301 g/mol. The third-order valence-electron chi connectivity index (χ3n) is 2.77. The van der Waals surface area contributed by atoms with Gasteiger partial charge in [-0.15, -0.1) is 11.3 Å². The molecule has 1 amide bonds. The van der Waals surface area contributed by atoms with E-state index in [-0.39, 0.29) is 5.91 Å². The predicted molar refractivity (Wildman–Crippen MR) is 87.1 cm³/mol. The van der Waals surface area contributed by atoms with Crippen LogP contribution in [-0.2, 0) is 11.3 Å². The summed E-state index contributed by atoms with van der Waals surface area (Å²) in [5.41, 5.74) is 1.15. The van der Waals surface area contributed by atoms with Crippen LogP contribution in [0.15, 0.2) is 48.7 Å². The molecule has 0 spiro atoms. The van der Waals surface area contributed by atoms with Crippen LogP contribution in [0.3, 0.4) is 0 Å². The van der Waals surface area contributed by atoms with Crippen LogP contribution >= 0.6 is 11.3 Å². The molecule has 1 aromatic carbocycles. The van der Waals surface area contributed by atoms with Crippen molar-refractivity contribution in [3.8, 4) is 10.4 Å². The first kappa shape index (κ1) is 15.4. The molecule has 1 N–H and O–H groups in total. The van der Waals surface area contributed by atoms with Crippen molar-refractivity contribution in [2.45, 2.75) is 6.54 Å². The lowest BCUT2D eigenvalue weighted by Gasteiger charge is -2.03. The molecule has 110 valence electrons. The molecule has 0 bridgehead atoms. The van der Waals surface area contributed by atoms with Crippen molar-refractivity contribution in [2.24, 2.45) is 0 Å². The molecule has 4 nitrogen and oxygen atoms in total. The van der Waals surface area contributed by atoms with Gasteiger partial charge in [-0.1, -0.05) is 36.4 Å². The highest BCUT2D eigenvalue weighted by Gasteiger charge is 2.04. The lowest BCUT2D eigenvalue weighted by Crippen LogP contribution is -2.20. The van der Waals surface area contributed by atoms with E-state index in [1.807, 2.05) is 49.5 Å². The van der Waals surface area contributed by atoms with Gasteiger partial charge in [-0.05, 0) is 19.7 Å². The Balaban J connectivity index is 1.86. The molecule has 0 fully saturated rings. The van der Waals surface area contributed by atoms with Crippen molar-refractivity contribution in [3.63, 3.8) is 0 Å². The van der Waals surface area contributed by atoms with Crippen LogP contribution in [-0.4, -0.2) is 36.4 Å². The second-order valence-corrected chi connectivity index (χ2v) is 5.98. The summed E-state index contributed by atoms with van der Waals surface area (Å²) in [7, 11) is 3.92. The molecule has 0 saturated carbocycles. The summed E-state index contributed by atoms with van der Waals surface area (Å²) in [6.45, 7) is 1.21. The fraction of sp³-hybridized carbons (Fsp3) is 0.250. The zero-order valence-electron chi connectivity index (χ0n) is 12.2. The molecular formula is C16H19N3OS. The van der Waals surface area contributed by atoms with Crippen LogP contribution in [0.1, 0.15) is 5.01 Å². The first-order valence-corrected chi connectivity index (χ1v) is 7.56. The minimum atomic E-state index is -0.0895. The Hall–Kier alpha value is -1.98. The molecule has 1 heterocycles. The molecule has 0 unspecified atom stereocenters. The summed E-state index contributed by atoms with van der Waals surface area (Å²) in [5.74, 6) is -0.0895. The third kappa shape index (κ3) is 5.13. The quantitative estimate of drug-likeness (QED) is 0.834. The maximum Gasteiger partial charge on any atom is 0.244 e. The smallest absolute Gasteiger partial charge is 0.244 e. The summed E-state index contributed by atoms with van der Waals surface area (Å²) < 4.78 is 0. The van der Waals surface area contributed by atoms with Crippen molar-refractivity contribution in [2.75, 3.05) is 20.6 Å². The summed E-state index contributed by atoms with van der Waals surface area (Å²) in [6.07, 6.45) is 5.25. The molecule has 21 heavy (non-hydrogen) atoms. The number of carbonyl (C=O) groups excluding carboxylic acids is 1. The standard InChI is InChI=1S/C16H19N3OS/c1-19(2)10-6-9-15(20)17-12-16-18-11-14(21-16)13-7-4-3-5-8-13/h3-9,11H,10,12H2,1-2H3,(H,17,20)/b9-6+. The average molecular weight is 301 g/mol. The van der Waals surface area contributed by atoms with Crippen LogP contribution < -0.4 is 5.32 Å². The zero-order chi connectivity index (χ0) is 15.1. The number of amides is 1. The van der Waals surface area contributed by atoms with Crippen LogP contribution in [0.4, 0.5) is 0 Å². The number of nitrogens with zero attached hydrogens (tertiary/aromatic N) is 2. The molecule has 5 heteroatoms. The lowest BCUT2D eigenvalue weighted by molar-refractivity contribution is -0.116. The van der Waals surface area contributed by atoms with E-state index in [1.165, 1.54) is 0 Å². The molecule has 2 aromatic rings. The number of rotatable bonds is 6. The number of hydrogen-bond acceptors (Lipinski definition) is 4. The highest BCUT2D eigenvalue weighted by atomic mass is 32.1. The van der Waals surface area contributed by atoms with Crippen molar-refractivity contribution in [1.29, 1.82) is 0 Å². The number of hydrogen-bond donors (Lipinski definition) is 1. The second kappa shape index (κ2) is 7.71. The minimum absolute atomic E-state index is 0.0895. The molecule has 0 saturated heterocycles. The molecule has 0 radical (unpaired) electrons. The summed E-state index contributed by atoms with van der Waals surface area (Å²) >= 11 is 1.60. The van der Waals surface area contributed by atoms with Crippen molar-refractivity contribution >= 4 is 17.2 Å². The fourth-order valence-corrected chi connectivity index (χ4v) is 2.58. The zero-order valence-corrected chi connectivity index (χ0v) is 13.1. The van der Waals surface area contributed by atoms with Gasteiger partial charge in [0.05, 0.1) is 11.4 Å².